The molecule has 2 saturated heterocycles. The summed E-state index contributed by atoms with van der Waals surface area (Å²) in [6.45, 7) is 6.09. The SMILES string of the molecule is CC1CN(C(=O)C2CCCO2)C(C)CO1. The van der Waals surface area contributed by atoms with Gasteiger partial charge in [-0.25, -0.2) is 0 Å². The molecule has 0 N–H and O–H groups in total. The quantitative estimate of drug-likeness (QED) is 0.646. The van der Waals surface area contributed by atoms with E-state index in [1.54, 1.807) is 0 Å². The molecule has 15 heavy (non-hydrogen) atoms. The fraction of sp³-hybridized carbons (Fsp3) is 0.909. The topological polar surface area (TPSA) is 38.8 Å². The summed E-state index contributed by atoms with van der Waals surface area (Å²) in [5.74, 6) is 0.148. The van der Waals surface area contributed by atoms with Gasteiger partial charge in [-0.05, 0) is 26.7 Å². The Hall–Kier alpha value is -0.610. The van der Waals surface area contributed by atoms with E-state index in [2.05, 4.69) is 0 Å². The first kappa shape index (κ1) is 10.9. The van der Waals surface area contributed by atoms with Crippen molar-refractivity contribution in [3.8, 4) is 0 Å². The summed E-state index contributed by atoms with van der Waals surface area (Å²) in [7, 11) is 0. The number of carbonyl (C=O) groups is 1. The van der Waals surface area contributed by atoms with Crippen LogP contribution in [0.1, 0.15) is 26.7 Å². The van der Waals surface area contributed by atoms with Crippen LogP contribution >= 0.6 is 0 Å². The minimum absolute atomic E-state index is 0.145. The highest BCUT2D eigenvalue weighted by Crippen LogP contribution is 2.19. The van der Waals surface area contributed by atoms with E-state index in [1.807, 2.05) is 18.7 Å². The zero-order valence-electron chi connectivity index (χ0n) is 9.44. The van der Waals surface area contributed by atoms with Gasteiger partial charge in [0.2, 0.25) is 0 Å². The minimum Gasteiger partial charge on any atom is -0.375 e. The standard InChI is InChI=1S/C11H19NO3/c1-8-7-15-9(2)6-12(8)11(13)10-4-3-5-14-10/h8-10H,3-7H2,1-2H3. The van der Waals surface area contributed by atoms with Crippen LogP contribution in [0, 0.1) is 0 Å². The van der Waals surface area contributed by atoms with Crippen molar-refractivity contribution < 1.29 is 14.3 Å². The molecule has 0 aromatic heterocycles. The molecule has 4 heteroatoms. The van der Waals surface area contributed by atoms with Crippen molar-refractivity contribution >= 4 is 5.91 Å². The summed E-state index contributed by atoms with van der Waals surface area (Å²) in [6, 6.07) is 0.179. The van der Waals surface area contributed by atoms with Gasteiger partial charge in [-0.1, -0.05) is 0 Å². The second kappa shape index (κ2) is 4.49. The third-order valence-corrected chi connectivity index (χ3v) is 3.10. The second-order valence-electron chi connectivity index (χ2n) is 4.49. The predicted molar refractivity (Wildman–Crippen MR) is 55.6 cm³/mol. The van der Waals surface area contributed by atoms with Crippen LogP contribution in [-0.4, -0.2) is 48.8 Å². The van der Waals surface area contributed by atoms with Gasteiger partial charge in [-0.2, -0.15) is 0 Å². The van der Waals surface area contributed by atoms with E-state index in [0.717, 1.165) is 19.4 Å². The van der Waals surface area contributed by atoms with Gasteiger partial charge in [-0.15, -0.1) is 0 Å². The fourth-order valence-electron chi connectivity index (χ4n) is 2.17. The Morgan fingerprint density at radius 3 is 2.80 bits per heavy atom. The molecule has 0 saturated carbocycles. The maximum Gasteiger partial charge on any atom is 0.252 e. The number of hydrogen-bond donors (Lipinski definition) is 0. The van der Waals surface area contributed by atoms with Crippen LogP contribution in [0.25, 0.3) is 0 Å². The predicted octanol–water partition coefficient (Wildman–Crippen LogP) is 0.801. The molecule has 4 nitrogen and oxygen atoms in total. The Balaban J connectivity index is 1.97. The number of carbonyl (C=O) groups excluding carboxylic acids is 1. The van der Waals surface area contributed by atoms with Crippen molar-refractivity contribution in [1.29, 1.82) is 0 Å². The second-order valence-corrected chi connectivity index (χ2v) is 4.49. The molecule has 2 aliphatic rings. The number of hydrogen-bond acceptors (Lipinski definition) is 3. The average Bonchev–Trinajstić information content (AvgIpc) is 2.74. The van der Waals surface area contributed by atoms with Gasteiger partial charge < -0.3 is 14.4 Å². The van der Waals surface area contributed by atoms with E-state index >= 15 is 0 Å². The molecule has 0 aromatic rings. The molecule has 1 amide bonds. The van der Waals surface area contributed by atoms with Crippen LogP contribution < -0.4 is 0 Å². The van der Waals surface area contributed by atoms with Gasteiger partial charge in [0.1, 0.15) is 6.10 Å². The third kappa shape index (κ3) is 2.32. The number of ether oxygens (including phenoxy) is 2. The third-order valence-electron chi connectivity index (χ3n) is 3.10. The normalized spacial score (nSPS) is 36.9. The first-order chi connectivity index (χ1) is 7.18. The molecular formula is C11H19NO3. The molecular weight excluding hydrogens is 194 g/mol. The lowest BCUT2D eigenvalue weighted by atomic mass is 10.1. The summed E-state index contributed by atoms with van der Waals surface area (Å²) in [4.78, 5) is 14.0. The fourth-order valence-corrected chi connectivity index (χ4v) is 2.17. The molecule has 0 aromatic carbocycles. The maximum atomic E-state index is 12.1. The molecule has 2 rings (SSSR count). The Kier molecular flexibility index (Phi) is 3.26. The van der Waals surface area contributed by atoms with E-state index in [0.29, 0.717) is 13.2 Å². The van der Waals surface area contributed by atoms with Crippen molar-refractivity contribution in [2.24, 2.45) is 0 Å². The van der Waals surface area contributed by atoms with Crippen molar-refractivity contribution in [2.75, 3.05) is 19.8 Å². The van der Waals surface area contributed by atoms with E-state index < -0.39 is 0 Å². The molecule has 2 fully saturated rings. The number of rotatable bonds is 1. The van der Waals surface area contributed by atoms with Gasteiger partial charge in [0.15, 0.2) is 0 Å². The molecule has 0 spiro atoms. The monoisotopic (exact) mass is 213 g/mol. The average molecular weight is 213 g/mol. The Bertz CT molecular complexity index is 238. The lowest BCUT2D eigenvalue weighted by Crippen LogP contribution is -2.53. The van der Waals surface area contributed by atoms with Gasteiger partial charge >= 0.3 is 0 Å². The van der Waals surface area contributed by atoms with Crippen molar-refractivity contribution in [3.05, 3.63) is 0 Å². The highest BCUT2D eigenvalue weighted by molar-refractivity contribution is 5.81. The first-order valence-corrected chi connectivity index (χ1v) is 5.72. The summed E-state index contributed by atoms with van der Waals surface area (Å²) in [5.41, 5.74) is 0. The summed E-state index contributed by atoms with van der Waals surface area (Å²) < 4.78 is 10.9. The van der Waals surface area contributed by atoms with E-state index in [-0.39, 0.29) is 24.2 Å². The molecule has 2 heterocycles. The molecule has 3 unspecified atom stereocenters. The maximum absolute atomic E-state index is 12.1. The van der Waals surface area contributed by atoms with Crippen LogP contribution in [0.2, 0.25) is 0 Å². The van der Waals surface area contributed by atoms with E-state index in [1.165, 1.54) is 0 Å². The zero-order chi connectivity index (χ0) is 10.8. The highest BCUT2D eigenvalue weighted by atomic mass is 16.5. The van der Waals surface area contributed by atoms with E-state index in [4.69, 9.17) is 9.47 Å². The summed E-state index contributed by atoms with van der Waals surface area (Å²) >= 11 is 0. The van der Waals surface area contributed by atoms with Gasteiger partial charge in [-0.3, -0.25) is 4.79 Å². The lowest BCUT2D eigenvalue weighted by molar-refractivity contribution is -0.152. The van der Waals surface area contributed by atoms with Crippen LogP contribution in [0.15, 0.2) is 0 Å². The lowest BCUT2D eigenvalue weighted by Gasteiger charge is -2.37. The van der Waals surface area contributed by atoms with Crippen LogP contribution in [0.4, 0.5) is 0 Å². The molecule has 2 aliphatic heterocycles. The van der Waals surface area contributed by atoms with Gasteiger partial charge in [0, 0.05) is 13.2 Å². The van der Waals surface area contributed by atoms with Crippen LogP contribution in [-0.2, 0) is 14.3 Å². The Labute approximate surface area is 90.5 Å². The first-order valence-electron chi connectivity index (χ1n) is 5.72. The van der Waals surface area contributed by atoms with Crippen LogP contribution in [0.5, 0.6) is 0 Å². The Morgan fingerprint density at radius 1 is 1.33 bits per heavy atom. The van der Waals surface area contributed by atoms with Crippen molar-refractivity contribution in [3.63, 3.8) is 0 Å². The van der Waals surface area contributed by atoms with Crippen molar-refractivity contribution in [1.82, 2.24) is 4.90 Å². The van der Waals surface area contributed by atoms with Gasteiger partial charge in [0.05, 0.1) is 18.8 Å². The Morgan fingerprint density at radius 2 is 2.13 bits per heavy atom. The zero-order valence-corrected chi connectivity index (χ0v) is 9.44. The molecule has 0 bridgehead atoms. The molecule has 86 valence electrons. The smallest absolute Gasteiger partial charge is 0.252 e. The number of amides is 1. The number of nitrogens with zero attached hydrogens (tertiary/aromatic N) is 1. The summed E-state index contributed by atoms with van der Waals surface area (Å²) in [5, 5.41) is 0. The molecule has 0 aliphatic carbocycles. The molecule has 0 radical (unpaired) electrons. The van der Waals surface area contributed by atoms with Crippen molar-refractivity contribution in [2.45, 2.75) is 44.9 Å². The summed E-state index contributed by atoms with van der Waals surface area (Å²) in [6.07, 6.45) is 1.83. The minimum atomic E-state index is -0.197. The number of morpholine rings is 1. The molecule has 3 atom stereocenters. The van der Waals surface area contributed by atoms with E-state index in [9.17, 15) is 4.79 Å². The highest BCUT2D eigenvalue weighted by Gasteiger charge is 2.33. The van der Waals surface area contributed by atoms with Crippen LogP contribution in [0.3, 0.4) is 0 Å². The van der Waals surface area contributed by atoms with Gasteiger partial charge in [0.25, 0.3) is 5.91 Å². The largest absolute Gasteiger partial charge is 0.375 e.